The second-order valence-electron chi connectivity index (χ2n) is 7.06. The summed E-state index contributed by atoms with van der Waals surface area (Å²) in [6, 6.07) is 0.394. The highest BCUT2D eigenvalue weighted by Crippen LogP contribution is 2.38. The Balaban J connectivity index is 2.82. The van der Waals surface area contributed by atoms with E-state index in [0.717, 1.165) is 0 Å². The molecule has 1 unspecified atom stereocenters. The summed E-state index contributed by atoms with van der Waals surface area (Å²) in [6.07, 6.45) is -9.36. The van der Waals surface area contributed by atoms with Crippen molar-refractivity contribution in [2.24, 2.45) is 17.6 Å². The summed E-state index contributed by atoms with van der Waals surface area (Å²) in [6.45, 7) is 5.22. The molecule has 2 atom stereocenters. The Bertz CT molecular complexity index is 607. The second-order valence-corrected chi connectivity index (χ2v) is 7.06. The molecule has 0 bridgehead atoms. The number of alkyl halides is 6. The Morgan fingerprint density at radius 3 is 1.89 bits per heavy atom. The standard InChI is InChI=1S/C18H23F6NO2/c1-10(2)4-15(25)16(26)5-11(3)9-27-14-7-12(17(19,20)21)6-13(8-14)18(22,23)24/h6-8,10-11,15H,4-5,9,25H2,1-3H3/t11-,15?/m0/s1. The number of rotatable bonds is 8. The summed E-state index contributed by atoms with van der Waals surface area (Å²) < 4.78 is 82.0. The number of ketones is 1. The van der Waals surface area contributed by atoms with Crippen LogP contribution in [-0.4, -0.2) is 18.4 Å². The third-order valence-electron chi connectivity index (χ3n) is 3.78. The van der Waals surface area contributed by atoms with E-state index in [1.165, 1.54) is 0 Å². The topological polar surface area (TPSA) is 52.3 Å². The lowest BCUT2D eigenvalue weighted by Crippen LogP contribution is -2.33. The van der Waals surface area contributed by atoms with Gasteiger partial charge in [0.25, 0.3) is 0 Å². The van der Waals surface area contributed by atoms with Crippen LogP contribution in [-0.2, 0) is 17.1 Å². The van der Waals surface area contributed by atoms with Crippen molar-refractivity contribution in [2.45, 2.75) is 52.0 Å². The third-order valence-corrected chi connectivity index (χ3v) is 3.78. The van der Waals surface area contributed by atoms with Crippen LogP contribution in [0.2, 0.25) is 0 Å². The first kappa shape index (κ1) is 23.3. The first-order chi connectivity index (χ1) is 12.2. The number of ether oxygens (including phenoxy) is 1. The SMILES string of the molecule is CC(C)CC(N)C(=O)C[C@H](C)COc1cc(C(F)(F)F)cc(C(F)(F)F)c1. The van der Waals surface area contributed by atoms with E-state index in [9.17, 15) is 31.1 Å². The van der Waals surface area contributed by atoms with Crippen molar-refractivity contribution in [1.29, 1.82) is 0 Å². The maximum Gasteiger partial charge on any atom is 0.416 e. The number of Topliss-reactive ketones (excluding diaryl/α,β-unsaturated/α-hetero) is 1. The molecule has 27 heavy (non-hydrogen) atoms. The van der Waals surface area contributed by atoms with Crippen molar-refractivity contribution >= 4 is 5.78 Å². The van der Waals surface area contributed by atoms with Gasteiger partial charge in [0.05, 0.1) is 23.8 Å². The van der Waals surface area contributed by atoms with Crippen molar-refractivity contribution < 1.29 is 35.9 Å². The van der Waals surface area contributed by atoms with E-state index in [0.29, 0.717) is 18.6 Å². The zero-order chi connectivity index (χ0) is 21.0. The van der Waals surface area contributed by atoms with Gasteiger partial charge in [-0.25, -0.2) is 0 Å². The van der Waals surface area contributed by atoms with Crippen LogP contribution in [0, 0.1) is 11.8 Å². The number of carbonyl (C=O) groups excluding carboxylic acids is 1. The molecule has 0 radical (unpaired) electrons. The highest BCUT2D eigenvalue weighted by molar-refractivity contribution is 5.83. The monoisotopic (exact) mass is 399 g/mol. The molecule has 2 N–H and O–H groups in total. The van der Waals surface area contributed by atoms with E-state index >= 15 is 0 Å². The smallest absolute Gasteiger partial charge is 0.416 e. The molecule has 0 aliphatic heterocycles. The number of hydrogen-bond donors (Lipinski definition) is 1. The molecule has 0 heterocycles. The van der Waals surface area contributed by atoms with E-state index in [4.69, 9.17) is 10.5 Å². The van der Waals surface area contributed by atoms with Gasteiger partial charge in [-0.05, 0) is 36.5 Å². The molecule has 1 aromatic carbocycles. The molecule has 0 saturated carbocycles. The number of nitrogens with two attached hydrogens (primary N) is 1. The number of halogens is 6. The van der Waals surface area contributed by atoms with Crippen LogP contribution in [0.25, 0.3) is 0 Å². The van der Waals surface area contributed by atoms with Crippen LogP contribution in [0.15, 0.2) is 18.2 Å². The molecule has 0 fully saturated rings. The highest BCUT2D eigenvalue weighted by Gasteiger charge is 2.37. The summed E-state index contributed by atoms with van der Waals surface area (Å²) in [4.78, 5) is 12.0. The molecule has 0 aliphatic rings. The van der Waals surface area contributed by atoms with Crippen molar-refractivity contribution in [3.05, 3.63) is 29.3 Å². The molecule has 0 amide bonds. The van der Waals surface area contributed by atoms with Gasteiger partial charge in [0, 0.05) is 6.42 Å². The molecule has 0 spiro atoms. The molecular formula is C18H23F6NO2. The summed E-state index contributed by atoms with van der Waals surface area (Å²) in [5.41, 5.74) is 2.87. The lowest BCUT2D eigenvalue weighted by atomic mass is 9.95. The summed E-state index contributed by atoms with van der Waals surface area (Å²) in [5, 5.41) is 0. The van der Waals surface area contributed by atoms with Gasteiger partial charge in [-0.1, -0.05) is 20.8 Å². The van der Waals surface area contributed by atoms with Gasteiger partial charge >= 0.3 is 12.4 Å². The van der Waals surface area contributed by atoms with Crippen LogP contribution < -0.4 is 10.5 Å². The zero-order valence-electron chi connectivity index (χ0n) is 15.2. The molecule has 9 heteroatoms. The van der Waals surface area contributed by atoms with E-state index in [-0.39, 0.29) is 30.8 Å². The van der Waals surface area contributed by atoms with Gasteiger partial charge in [0.1, 0.15) is 11.5 Å². The van der Waals surface area contributed by atoms with Crippen LogP contribution in [0.3, 0.4) is 0 Å². The molecule has 0 aromatic heterocycles. The van der Waals surface area contributed by atoms with Crippen LogP contribution in [0.1, 0.15) is 44.7 Å². The highest BCUT2D eigenvalue weighted by atomic mass is 19.4. The Labute approximate surface area is 153 Å². The number of carbonyl (C=O) groups is 1. The van der Waals surface area contributed by atoms with Gasteiger partial charge in [0.2, 0.25) is 0 Å². The van der Waals surface area contributed by atoms with E-state index in [1.54, 1.807) is 6.92 Å². The number of benzene rings is 1. The zero-order valence-corrected chi connectivity index (χ0v) is 15.2. The Morgan fingerprint density at radius 2 is 1.48 bits per heavy atom. The van der Waals surface area contributed by atoms with Gasteiger partial charge < -0.3 is 10.5 Å². The van der Waals surface area contributed by atoms with Crippen LogP contribution in [0.4, 0.5) is 26.3 Å². The van der Waals surface area contributed by atoms with E-state index in [1.807, 2.05) is 13.8 Å². The molecule has 0 aliphatic carbocycles. The first-order valence-corrected chi connectivity index (χ1v) is 8.40. The predicted octanol–water partition coefficient (Wildman–Crippen LogP) is 5.07. The van der Waals surface area contributed by atoms with E-state index < -0.39 is 41.2 Å². The Kier molecular flexibility index (Phi) is 7.71. The van der Waals surface area contributed by atoms with Gasteiger partial charge in [-0.3, -0.25) is 4.79 Å². The molecule has 0 saturated heterocycles. The molecule has 154 valence electrons. The fourth-order valence-corrected chi connectivity index (χ4v) is 2.44. The third kappa shape index (κ3) is 7.78. The van der Waals surface area contributed by atoms with Crippen molar-refractivity contribution in [2.75, 3.05) is 6.61 Å². The first-order valence-electron chi connectivity index (χ1n) is 8.40. The normalized spacial score (nSPS) is 14.9. The summed E-state index contributed by atoms with van der Waals surface area (Å²) in [7, 11) is 0. The molecular weight excluding hydrogens is 376 g/mol. The largest absolute Gasteiger partial charge is 0.493 e. The lowest BCUT2D eigenvalue weighted by molar-refractivity contribution is -0.143. The van der Waals surface area contributed by atoms with Crippen molar-refractivity contribution in [3.8, 4) is 5.75 Å². The fourth-order valence-electron chi connectivity index (χ4n) is 2.44. The summed E-state index contributed by atoms with van der Waals surface area (Å²) >= 11 is 0. The average Bonchev–Trinajstić information content (AvgIpc) is 2.50. The predicted molar refractivity (Wildman–Crippen MR) is 88.2 cm³/mol. The van der Waals surface area contributed by atoms with Gasteiger partial charge in [-0.15, -0.1) is 0 Å². The number of hydrogen-bond acceptors (Lipinski definition) is 3. The van der Waals surface area contributed by atoms with Crippen molar-refractivity contribution in [1.82, 2.24) is 0 Å². The fraction of sp³-hybridized carbons (Fsp3) is 0.611. The maximum atomic E-state index is 12.8. The second kappa shape index (κ2) is 8.95. The van der Waals surface area contributed by atoms with Gasteiger partial charge in [-0.2, -0.15) is 26.3 Å². The Morgan fingerprint density at radius 1 is 1.00 bits per heavy atom. The van der Waals surface area contributed by atoms with Crippen LogP contribution in [0.5, 0.6) is 5.75 Å². The van der Waals surface area contributed by atoms with E-state index in [2.05, 4.69) is 0 Å². The molecule has 1 rings (SSSR count). The summed E-state index contributed by atoms with van der Waals surface area (Å²) in [5.74, 6) is -0.969. The van der Waals surface area contributed by atoms with Crippen LogP contribution >= 0.6 is 0 Å². The minimum atomic E-state index is -4.94. The molecule has 3 nitrogen and oxygen atoms in total. The average molecular weight is 399 g/mol. The lowest BCUT2D eigenvalue weighted by Gasteiger charge is -2.18. The molecule has 1 aromatic rings. The minimum absolute atomic E-state index is 0.0268. The Hall–Kier alpha value is -1.77. The quantitative estimate of drug-likeness (QED) is 0.621. The van der Waals surface area contributed by atoms with Crippen molar-refractivity contribution in [3.63, 3.8) is 0 Å². The van der Waals surface area contributed by atoms with Gasteiger partial charge in [0.15, 0.2) is 0 Å². The minimum Gasteiger partial charge on any atom is -0.493 e. The maximum absolute atomic E-state index is 12.8.